The minimum absolute atomic E-state index is 0.334. The van der Waals surface area contributed by atoms with E-state index in [2.05, 4.69) is 5.32 Å². The van der Waals surface area contributed by atoms with E-state index in [0.717, 1.165) is 16.4 Å². The molecule has 0 aliphatic heterocycles. The zero-order chi connectivity index (χ0) is 17.0. The van der Waals surface area contributed by atoms with Gasteiger partial charge in [-0.05, 0) is 24.3 Å². The molecule has 0 saturated carbocycles. The third-order valence-electron chi connectivity index (χ3n) is 3.04. The highest BCUT2D eigenvalue weighted by molar-refractivity contribution is 7.89. The fourth-order valence-electron chi connectivity index (χ4n) is 1.86. The van der Waals surface area contributed by atoms with Crippen LogP contribution >= 0.6 is 11.6 Å². The number of carbonyl (C=O) groups excluding carboxylic acids is 1. The van der Waals surface area contributed by atoms with Gasteiger partial charge in [-0.3, -0.25) is 4.79 Å². The highest BCUT2D eigenvalue weighted by Crippen LogP contribution is 2.21. The summed E-state index contributed by atoms with van der Waals surface area (Å²) >= 11 is 5.92. The summed E-state index contributed by atoms with van der Waals surface area (Å²) in [4.78, 5) is 11.5. The second-order valence-electron chi connectivity index (χ2n) is 4.72. The molecule has 0 spiro atoms. The number of para-hydroxylation sites is 1. The summed E-state index contributed by atoms with van der Waals surface area (Å²) in [5, 5.41) is 2.84. The molecule has 2 aromatic rings. The molecule has 5 nitrogen and oxygen atoms in total. The summed E-state index contributed by atoms with van der Waals surface area (Å²) in [6.07, 6.45) is 0. The first-order valence-electron chi connectivity index (χ1n) is 6.57. The van der Waals surface area contributed by atoms with Crippen LogP contribution in [0.1, 0.15) is 0 Å². The Bertz CT molecular complexity index is 827. The van der Waals surface area contributed by atoms with Gasteiger partial charge in [-0.2, -0.15) is 4.31 Å². The summed E-state index contributed by atoms with van der Waals surface area (Å²) < 4.78 is 39.0. The summed E-state index contributed by atoms with van der Waals surface area (Å²) in [7, 11) is -2.90. The third-order valence-corrected chi connectivity index (χ3v) is 5.21. The van der Waals surface area contributed by atoms with Gasteiger partial charge in [0, 0.05) is 7.05 Å². The Hall–Kier alpha value is -1.96. The molecule has 2 rings (SSSR count). The van der Waals surface area contributed by atoms with Crippen molar-refractivity contribution in [3.8, 4) is 0 Å². The van der Waals surface area contributed by atoms with Gasteiger partial charge in [0.05, 0.1) is 17.3 Å². The average Bonchev–Trinajstić information content (AvgIpc) is 2.49. The van der Waals surface area contributed by atoms with Gasteiger partial charge in [0.25, 0.3) is 0 Å². The monoisotopic (exact) mass is 356 g/mol. The maximum Gasteiger partial charge on any atom is 0.246 e. The van der Waals surface area contributed by atoms with Crippen LogP contribution in [0.25, 0.3) is 0 Å². The number of anilines is 1. The Kier molecular flexibility index (Phi) is 5.35. The first-order valence-corrected chi connectivity index (χ1v) is 8.39. The number of halogens is 2. The van der Waals surface area contributed by atoms with Crippen molar-refractivity contribution in [1.29, 1.82) is 0 Å². The lowest BCUT2D eigenvalue weighted by Crippen LogP contribution is -2.35. The molecular formula is C15H14ClFN2O3S. The van der Waals surface area contributed by atoms with Crippen LogP contribution in [0.15, 0.2) is 53.4 Å². The Morgan fingerprint density at radius 2 is 1.78 bits per heavy atom. The molecule has 0 aliphatic rings. The minimum atomic E-state index is -4.10. The second kappa shape index (κ2) is 7.08. The predicted octanol–water partition coefficient (Wildman–Crippen LogP) is 2.74. The Morgan fingerprint density at radius 3 is 2.43 bits per heavy atom. The van der Waals surface area contributed by atoms with Crippen LogP contribution in [0, 0.1) is 5.82 Å². The van der Waals surface area contributed by atoms with Crippen LogP contribution in [0.4, 0.5) is 10.1 Å². The summed E-state index contributed by atoms with van der Waals surface area (Å²) in [5.74, 6) is -1.45. The molecule has 0 unspecified atom stereocenters. The first-order chi connectivity index (χ1) is 10.8. The molecule has 0 fully saturated rings. The van der Waals surface area contributed by atoms with E-state index in [1.165, 1.54) is 19.2 Å². The number of rotatable bonds is 5. The van der Waals surface area contributed by atoms with Crippen LogP contribution in [-0.2, 0) is 14.8 Å². The molecule has 1 amide bonds. The molecule has 122 valence electrons. The Labute approximate surface area is 138 Å². The van der Waals surface area contributed by atoms with Crippen molar-refractivity contribution < 1.29 is 17.6 Å². The van der Waals surface area contributed by atoms with Crippen LogP contribution in [-0.4, -0.2) is 32.2 Å². The van der Waals surface area contributed by atoms with Gasteiger partial charge < -0.3 is 5.32 Å². The van der Waals surface area contributed by atoms with Crippen molar-refractivity contribution >= 4 is 33.2 Å². The van der Waals surface area contributed by atoms with Gasteiger partial charge in [-0.25, -0.2) is 12.8 Å². The van der Waals surface area contributed by atoms with Crippen LogP contribution in [0.5, 0.6) is 0 Å². The van der Waals surface area contributed by atoms with E-state index in [0.29, 0.717) is 10.7 Å². The van der Waals surface area contributed by atoms with Crippen molar-refractivity contribution in [2.24, 2.45) is 0 Å². The van der Waals surface area contributed by atoms with Gasteiger partial charge >= 0.3 is 0 Å². The number of likely N-dealkylation sites (N-methyl/N-ethyl adjacent to an activating group) is 1. The Balaban J connectivity index is 2.12. The Morgan fingerprint density at radius 1 is 1.17 bits per heavy atom. The largest absolute Gasteiger partial charge is 0.324 e. The third kappa shape index (κ3) is 4.07. The molecule has 0 bridgehead atoms. The van der Waals surface area contributed by atoms with E-state index in [1.54, 1.807) is 24.3 Å². The molecule has 0 radical (unpaired) electrons. The van der Waals surface area contributed by atoms with E-state index in [1.807, 2.05) is 0 Å². The van der Waals surface area contributed by atoms with Crippen LogP contribution in [0.2, 0.25) is 5.02 Å². The normalized spacial score (nSPS) is 11.5. The highest BCUT2D eigenvalue weighted by Gasteiger charge is 2.25. The minimum Gasteiger partial charge on any atom is -0.324 e. The molecule has 8 heteroatoms. The lowest BCUT2D eigenvalue weighted by atomic mass is 10.3. The second-order valence-corrected chi connectivity index (χ2v) is 7.14. The fourth-order valence-corrected chi connectivity index (χ4v) is 3.23. The average molecular weight is 357 g/mol. The molecule has 0 aromatic heterocycles. The predicted molar refractivity (Wildman–Crippen MR) is 86.3 cm³/mol. The molecule has 0 aliphatic carbocycles. The highest BCUT2D eigenvalue weighted by atomic mass is 35.5. The van der Waals surface area contributed by atoms with Gasteiger partial charge in [0.1, 0.15) is 10.7 Å². The molecule has 0 atom stereocenters. The van der Waals surface area contributed by atoms with E-state index >= 15 is 0 Å². The smallest absolute Gasteiger partial charge is 0.246 e. The summed E-state index contributed by atoms with van der Waals surface area (Å²) in [6.45, 7) is -0.470. The van der Waals surface area contributed by atoms with Crippen molar-refractivity contribution in [3.05, 3.63) is 59.4 Å². The summed E-state index contributed by atoms with van der Waals surface area (Å²) in [6, 6.07) is 11.6. The lowest BCUT2D eigenvalue weighted by Gasteiger charge is -2.17. The number of amides is 1. The molecule has 1 N–H and O–H groups in total. The maximum atomic E-state index is 13.7. The van der Waals surface area contributed by atoms with Gasteiger partial charge in [0.2, 0.25) is 15.9 Å². The van der Waals surface area contributed by atoms with E-state index in [9.17, 15) is 17.6 Å². The number of sulfonamides is 1. The quantitative estimate of drug-likeness (QED) is 0.895. The number of hydrogen-bond acceptors (Lipinski definition) is 3. The number of nitrogens with zero attached hydrogens (tertiary/aromatic N) is 1. The fraction of sp³-hybridized carbons (Fsp3) is 0.133. The molecule has 0 heterocycles. The van der Waals surface area contributed by atoms with Gasteiger partial charge in [-0.15, -0.1) is 0 Å². The number of nitrogens with one attached hydrogen (secondary N) is 1. The van der Waals surface area contributed by atoms with Crippen molar-refractivity contribution in [3.63, 3.8) is 0 Å². The van der Waals surface area contributed by atoms with Gasteiger partial charge in [-0.1, -0.05) is 35.9 Å². The van der Waals surface area contributed by atoms with Crippen LogP contribution in [0.3, 0.4) is 0 Å². The standard InChI is InChI=1S/C15H14ClFN2O3S/c1-19(23(21,22)14-9-5-3-7-12(14)17)10-15(20)18-13-8-4-2-6-11(13)16/h2-9H,10H2,1H3,(H,18,20). The molecular weight excluding hydrogens is 343 g/mol. The van der Waals surface area contributed by atoms with E-state index < -0.39 is 33.2 Å². The maximum absolute atomic E-state index is 13.7. The number of hydrogen-bond donors (Lipinski definition) is 1. The molecule has 23 heavy (non-hydrogen) atoms. The zero-order valence-electron chi connectivity index (χ0n) is 12.2. The lowest BCUT2D eigenvalue weighted by molar-refractivity contribution is -0.116. The molecule has 2 aromatic carbocycles. The summed E-state index contributed by atoms with van der Waals surface area (Å²) in [5.41, 5.74) is 0.371. The van der Waals surface area contributed by atoms with Crippen molar-refractivity contribution in [1.82, 2.24) is 4.31 Å². The van der Waals surface area contributed by atoms with Crippen molar-refractivity contribution in [2.45, 2.75) is 4.90 Å². The topological polar surface area (TPSA) is 66.5 Å². The first kappa shape index (κ1) is 17.4. The number of benzene rings is 2. The zero-order valence-corrected chi connectivity index (χ0v) is 13.7. The van der Waals surface area contributed by atoms with Crippen molar-refractivity contribution in [2.75, 3.05) is 18.9 Å². The SMILES string of the molecule is CN(CC(=O)Nc1ccccc1Cl)S(=O)(=O)c1ccccc1F. The van der Waals surface area contributed by atoms with E-state index in [-0.39, 0.29) is 0 Å². The van der Waals surface area contributed by atoms with E-state index in [4.69, 9.17) is 11.6 Å². The van der Waals surface area contributed by atoms with Gasteiger partial charge in [0.15, 0.2) is 0 Å². The number of carbonyl (C=O) groups is 1. The molecule has 0 saturated heterocycles. The van der Waals surface area contributed by atoms with Crippen LogP contribution < -0.4 is 5.32 Å².